The summed E-state index contributed by atoms with van der Waals surface area (Å²) in [7, 11) is 4.32. The molecule has 1 aliphatic rings. The maximum atomic E-state index is 3.49. The summed E-state index contributed by atoms with van der Waals surface area (Å²) in [5.74, 6) is 0.920. The molecule has 112 valence electrons. The summed E-state index contributed by atoms with van der Waals surface area (Å²) in [6, 6.07) is 16.5. The Labute approximate surface area is 128 Å². The molecule has 2 heteroatoms. The molecule has 0 aromatic heterocycles. The van der Waals surface area contributed by atoms with Gasteiger partial charge in [0.25, 0.3) is 0 Å². The van der Waals surface area contributed by atoms with Crippen LogP contribution in [0.5, 0.6) is 0 Å². The molecule has 0 spiro atoms. The average Bonchev–Trinajstić information content (AvgIpc) is 3.36. The first-order valence-electron chi connectivity index (χ1n) is 8.05. The van der Waals surface area contributed by atoms with E-state index in [1.807, 2.05) is 0 Å². The first-order valence-corrected chi connectivity index (χ1v) is 8.05. The Hall–Kier alpha value is -1.38. The molecule has 2 nitrogen and oxygen atoms in total. The van der Waals surface area contributed by atoms with Gasteiger partial charge in [0.2, 0.25) is 0 Å². The van der Waals surface area contributed by atoms with Gasteiger partial charge >= 0.3 is 0 Å². The van der Waals surface area contributed by atoms with Crippen LogP contribution in [0.2, 0.25) is 0 Å². The molecule has 1 fully saturated rings. The van der Waals surface area contributed by atoms with Crippen molar-refractivity contribution in [2.24, 2.45) is 5.92 Å². The monoisotopic (exact) mass is 282 g/mol. The Bertz CT molecular complexity index is 603. The summed E-state index contributed by atoms with van der Waals surface area (Å²) >= 11 is 0. The van der Waals surface area contributed by atoms with Crippen molar-refractivity contribution >= 4 is 10.8 Å². The molecule has 0 heterocycles. The van der Waals surface area contributed by atoms with E-state index in [0.29, 0.717) is 12.1 Å². The Morgan fingerprint density at radius 2 is 1.86 bits per heavy atom. The molecule has 0 aliphatic heterocycles. The number of hydrogen-bond acceptors (Lipinski definition) is 2. The lowest BCUT2D eigenvalue weighted by Gasteiger charge is -2.29. The number of benzene rings is 2. The second kappa shape index (κ2) is 6.17. The molecule has 2 unspecified atom stereocenters. The van der Waals surface area contributed by atoms with Crippen LogP contribution in [0.1, 0.15) is 31.4 Å². The maximum Gasteiger partial charge on any atom is 0.0447 e. The van der Waals surface area contributed by atoms with E-state index in [9.17, 15) is 0 Å². The summed E-state index contributed by atoms with van der Waals surface area (Å²) in [6.07, 6.45) is 2.82. The highest BCUT2D eigenvalue weighted by Crippen LogP contribution is 2.35. The average molecular weight is 282 g/mol. The smallest absolute Gasteiger partial charge is 0.0447 e. The Morgan fingerprint density at radius 1 is 1.14 bits per heavy atom. The fourth-order valence-electron chi connectivity index (χ4n) is 3.18. The van der Waals surface area contributed by atoms with Crippen molar-refractivity contribution in [3.8, 4) is 0 Å². The third kappa shape index (κ3) is 3.28. The van der Waals surface area contributed by atoms with Crippen molar-refractivity contribution in [2.75, 3.05) is 20.6 Å². The van der Waals surface area contributed by atoms with Crippen LogP contribution in [0.3, 0.4) is 0 Å². The molecule has 1 saturated carbocycles. The molecule has 0 bridgehead atoms. The molecule has 1 aliphatic carbocycles. The number of nitrogens with one attached hydrogen (secondary N) is 1. The quantitative estimate of drug-likeness (QED) is 0.866. The predicted molar refractivity (Wildman–Crippen MR) is 90.6 cm³/mol. The highest BCUT2D eigenvalue weighted by atomic mass is 15.2. The number of fused-ring (bicyclic) bond motifs is 1. The minimum atomic E-state index is 0.390. The van der Waals surface area contributed by atoms with Gasteiger partial charge in [0, 0.05) is 18.6 Å². The third-order valence-corrected chi connectivity index (χ3v) is 4.99. The second-order valence-corrected chi connectivity index (χ2v) is 6.47. The van der Waals surface area contributed by atoms with E-state index in [1.165, 1.54) is 29.2 Å². The summed E-state index contributed by atoms with van der Waals surface area (Å²) < 4.78 is 0. The molecule has 2 aromatic rings. The molecule has 3 rings (SSSR count). The van der Waals surface area contributed by atoms with Crippen LogP contribution in [0, 0.1) is 5.92 Å². The number of hydrogen-bond donors (Lipinski definition) is 1. The molecular formula is C19H26N2. The molecule has 2 aromatic carbocycles. The van der Waals surface area contributed by atoms with Crippen LogP contribution in [0.4, 0.5) is 0 Å². The molecule has 0 radical (unpaired) electrons. The van der Waals surface area contributed by atoms with Crippen molar-refractivity contribution in [3.63, 3.8) is 0 Å². The normalized spacial score (nSPS) is 18.1. The third-order valence-electron chi connectivity index (χ3n) is 4.99. The Kier molecular flexibility index (Phi) is 4.27. The van der Waals surface area contributed by atoms with Gasteiger partial charge in [0.1, 0.15) is 0 Å². The summed E-state index contributed by atoms with van der Waals surface area (Å²) in [5, 5.41) is 6.13. The molecular weight excluding hydrogens is 256 g/mol. The van der Waals surface area contributed by atoms with Crippen molar-refractivity contribution < 1.29 is 0 Å². The van der Waals surface area contributed by atoms with Crippen molar-refractivity contribution in [3.05, 3.63) is 48.0 Å². The van der Waals surface area contributed by atoms with Crippen LogP contribution in [-0.2, 0) is 0 Å². The maximum absolute atomic E-state index is 3.49. The van der Waals surface area contributed by atoms with Crippen molar-refractivity contribution in [2.45, 2.75) is 31.8 Å². The van der Waals surface area contributed by atoms with E-state index < -0.39 is 0 Å². The van der Waals surface area contributed by atoms with Gasteiger partial charge in [-0.05, 0) is 62.2 Å². The number of rotatable bonds is 6. The van der Waals surface area contributed by atoms with Gasteiger partial charge in [-0.3, -0.25) is 0 Å². The lowest BCUT2D eigenvalue weighted by Crippen LogP contribution is -2.37. The standard InChI is InChI=1S/C19H26N2/c1-14(15-8-9-15)21(3)13-19(20-2)18-11-10-16-6-4-5-7-17(16)12-18/h4-7,10-12,14-15,19-20H,8-9,13H2,1-3H3. The highest BCUT2D eigenvalue weighted by Gasteiger charge is 2.31. The summed E-state index contributed by atoms with van der Waals surface area (Å²) in [4.78, 5) is 2.51. The fourth-order valence-corrected chi connectivity index (χ4v) is 3.18. The molecule has 0 amide bonds. The first-order chi connectivity index (χ1) is 10.2. The van der Waals surface area contributed by atoms with Crippen LogP contribution in [0.15, 0.2) is 42.5 Å². The predicted octanol–water partition coefficient (Wildman–Crippen LogP) is 3.83. The van der Waals surface area contributed by atoms with Crippen LogP contribution in [0.25, 0.3) is 10.8 Å². The topological polar surface area (TPSA) is 15.3 Å². The fraction of sp³-hybridized carbons (Fsp3) is 0.474. The zero-order valence-corrected chi connectivity index (χ0v) is 13.3. The van der Waals surface area contributed by atoms with Crippen LogP contribution < -0.4 is 5.32 Å². The molecule has 21 heavy (non-hydrogen) atoms. The van der Waals surface area contributed by atoms with Crippen molar-refractivity contribution in [1.29, 1.82) is 0 Å². The lowest BCUT2D eigenvalue weighted by molar-refractivity contribution is 0.213. The number of likely N-dealkylation sites (N-methyl/N-ethyl adjacent to an activating group) is 2. The van der Waals surface area contributed by atoms with E-state index >= 15 is 0 Å². The van der Waals surface area contributed by atoms with Crippen LogP contribution in [-0.4, -0.2) is 31.6 Å². The van der Waals surface area contributed by atoms with Gasteiger partial charge in [0.15, 0.2) is 0 Å². The zero-order valence-electron chi connectivity index (χ0n) is 13.3. The highest BCUT2D eigenvalue weighted by molar-refractivity contribution is 5.83. The van der Waals surface area contributed by atoms with Crippen molar-refractivity contribution in [1.82, 2.24) is 10.2 Å². The zero-order chi connectivity index (χ0) is 14.8. The van der Waals surface area contributed by atoms with Gasteiger partial charge in [-0.15, -0.1) is 0 Å². The van der Waals surface area contributed by atoms with E-state index in [2.05, 4.69) is 73.7 Å². The largest absolute Gasteiger partial charge is 0.312 e. The number of nitrogens with zero attached hydrogens (tertiary/aromatic N) is 1. The minimum absolute atomic E-state index is 0.390. The summed E-state index contributed by atoms with van der Waals surface area (Å²) in [6.45, 7) is 3.43. The molecule has 1 N–H and O–H groups in total. The van der Waals surface area contributed by atoms with Gasteiger partial charge in [-0.25, -0.2) is 0 Å². The van der Waals surface area contributed by atoms with Gasteiger partial charge in [-0.1, -0.05) is 36.4 Å². The van der Waals surface area contributed by atoms with E-state index in [4.69, 9.17) is 0 Å². The Morgan fingerprint density at radius 3 is 2.52 bits per heavy atom. The molecule has 2 atom stereocenters. The SMILES string of the molecule is CNC(CN(C)C(C)C1CC1)c1ccc2ccccc2c1. The van der Waals surface area contributed by atoms with E-state index in [0.717, 1.165) is 12.5 Å². The minimum Gasteiger partial charge on any atom is -0.312 e. The van der Waals surface area contributed by atoms with Crippen LogP contribution >= 0.6 is 0 Å². The van der Waals surface area contributed by atoms with E-state index in [-0.39, 0.29) is 0 Å². The Balaban J connectivity index is 1.77. The molecule has 0 saturated heterocycles. The van der Waals surface area contributed by atoms with Gasteiger partial charge < -0.3 is 10.2 Å². The lowest BCUT2D eigenvalue weighted by atomic mass is 10.0. The van der Waals surface area contributed by atoms with Gasteiger partial charge in [0.05, 0.1) is 0 Å². The first kappa shape index (κ1) is 14.6. The van der Waals surface area contributed by atoms with E-state index in [1.54, 1.807) is 0 Å². The van der Waals surface area contributed by atoms with Gasteiger partial charge in [-0.2, -0.15) is 0 Å². The summed E-state index contributed by atoms with van der Waals surface area (Å²) in [5.41, 5.74) is 1.38. The second-order valence-electron chi connectivity index (χ2n) is 6.47.